The number of hydrogen-bond acceptors (Lipinski definition) is 8. The summed E-state index contributed by atoms with van der Waals surface area (Å²) >= 11 is 0. The molecule has 0 aromatic carbocycles. The number of rotatable bonds is 13. The molecule has 176 valence electrons. The summed E-state index contributed by atoms with van der Waals surface area (Å²) < 4.78 is 15.8. The van der Waals surface area contributed by atoms with Crippen LogP contribution in [-0.2, 0) is 28.6 Å². The van der Waals surface area contributed by atoms with Crippen molar-refractivity contribution in [3.05, 3.63) is 0 Å². The standard InChI is InChI=1S/C19H35N3O6.CH5N/c1-19(2,3)17(18(25)22-7-4-5-15(22)13-23)21-16(24)14-28-12-11-27-10-9-26-8-6-20;1-2/h13,15,17H,4-12,14,20H2,1-3H3,(H,21,24);2H2,1H3. The number of carbonyl (C=O) groups excluding carboxylic acids is 3. The Balaban J connectivity index is 0.00000407. The van der Waals surface area contributed by atoms with E-state index in [1.54, 1.807) is 4.90 Å². The molecule has 5 N–H and O–H groups in total. The van der Waals surface area contributed by atoms with Gasteiger partial charge in [0.05, 0.1) is 39.1 Å². The van der Waals surface area contributed by atoms with Crippen molar-refractivity contribution in [2.45, 2.75) is 45.7 Å². The Bertz CT molecular complexity index is 498. The van der Waals surface area contributed by atoms with Gasteiger partial charge in [-0.2, -0.15) is 0 Å². The number of hydrogen-bond donors (Lipinski definition) is 3. The van der Waals surface area contributed by atoms with Gasteiger partial charge in [0.2, 0.25) is 11.8 Å². The van der Waals surface area contributed by atoms with E-state index < -0.39 is 17.5 Å². The Labute approximate surface area is 179 Å². The van der Waals surface area contributed by atoms with Crippen molar-refractivity contribution < 1.29 is 28.6 Å². The summed E-state index contributed by atoms with van der Waals surface area (Å²) in [5.41, 5.74) is 9.31. The van der Waals surface area contributed by atoms with E-state index in [0.717, 1.165) is 12.7 Å². The zero-order valence-electron chi connectivity index (χ0n) is 18.9. The van der Waals surface area contributed by atoms with E-state index in [1.165, 1.54) is 7.05 Å². The molecule has 10 nitrogen and oxygen atoms in total. The quantitative estimate of drug-likeness (QED) is 0.255. The maximum absolute atomic E-state index is 12.9. The van der Waals surface area contributed by atoms with Gasteiger partial charge in [-0.1, -0.05) is 20.8 Å². The number of nitrogens with zero attached hydrogens (tertiary/aromatic N) is 1. The van der Waals surface area contributed by atoms with E-state index in [0.29, 0.717) is 45.9 Å². The zero-order valence-corrected chi connectivity index (χ0v) is 18.9. The molecule has 10 heteroatoms. The van der Waals surface area contributed by atoms with Gasteiger partial charge in [-0.15, -0.1) is 0 Å². The predicted molar refractivity (Wildman–Crippen MR) is 114 cm³/mol. The molecule has 0 bridgehead atoms. The molecule has 2 atom stereocenters. The van der Waals surface area contributed by atoms with E-state index in [4.69, 9.17) is 19.9 Å². The molecular weight excluding hydrogens is 392 g/mol. The fraction of sp³-hybridized carbons (Fsp3) is 0.850. The molecule has 0 aromatic rings. The average Bonchev–Trinajstić information content (AvgIpc) is 3.20. The SMILES string of the molecule is CC(C)(C)C(NC(=O)COCCOCCOCCN)C(=O)N1CCCC1C=O.CN. The number of amides is 2. The Kier molecular flexibility index (Phi) is 15.3. The molecule has 1 rings (SSSR count). The zero-order chi connectivity index (χ0) is 23.0. The van der Waals surface area contributed by atoms with Crippen molar-refractivity contribution in [1.29, 1.82) is 0 Å². The van der Waals surface area contributed by atoms with E-state index in [9.17, 15) is 14.4 Å². The Morgan fingerprint density at radius 2 is 1.67 bits per heavy atom. The molecule has 0 spiro atoms. The molecule has 1 fully saturated rings. The van der Waals surface area contributed by atoms with Gasteiger partial charge in [-0.25, -0.2) is 0 Å². The topological polar surface area (TPSA) is 146 Å². The van der Waals surface area contributed by atoms with Gasteiger partial charge in [0, 0.05) is 13.1 Å². The fourth-order valence-corrected chi connectivity index (χ4v) is 2.91. The van der Waals surface area contributed by atoms with Crippen molar-refractivity contribution in [3.8, 4) is 0 Å². The lowest BCUT2D eigenvalue weighted by Crippen LogP contribution is -2.56. The molecule has 0 aromatic heterocycles. The molecular formula is C20H40N4O6. The third-order valence-electron chi connectivity index (χ3n) is 4.40. The van der Waals surface area contributed by atoms with Crippen LogP contribution in [0, 0.1) is 5.41 Å². The van der Waals surface area contributed by atoms with E-state index in [2.05, 4.69) is 11.1 Å². The van der Waals surface area contributed by atoms with Gasteiger partial charge in [0.15, 0.2) is 0 Å². The van der Waals surface area contributed by atoms with Crippen molar-refractivity contribution in [1.82, 2.24) is 10.2 Å². The Hall–Kier alpha value is -1.59. The molecule has 0 aliphatic carbocycles. The van der Waals surface area contributed by atoms with Gasteiger partial charge in [-0.3, -0.25) is 9.59 Å². The number of aldehydes is 1. The van der Waals surface area contributed by atoms with Crippen LogP contribution in [0.1, 0.15) is 33.6 Å². The van der Waals surface area contributed by atoms with Crippen molar-refractivity contribution in [3.63, 3.8) is 0 Å². The first kappa shape index (κ1) is 28.4. The van der Waals surface area contributed by atoms with Crippen LogP contribution < -0.4 is 16.8 Å². The summed E-state index contributed by atoms with van der Waals surface area (Å²) in [6.07, 6.45) is 2.26. The monoisotopic (exact) mass is 432 g/mol. The number of likely N-dealkylation sites (tertiary alicyclic amines) is 1. The molecule has 1 saturated heterocycles. The largest absolute Gasteiger partial charge is 0.378 e. The third-order valence-corrected chi connectivity index (χ3v) is 4.40. The lowest BCUT2D eigenvalue weighted by Gasteiger charge is -2.34. The smallest absolute Gasteiger partial charge is 0.246 e. The van der Waals surface area contributed by atoms with Gasteiger partial charge < -0.3 is 40.7 Å². The second-order valence-electron chi connectivity index (χ2n) is 7.81. The molecule has 2 amide bonds. The van der Waals surface area contributed by atoms with Crippen LogP contribution in [0.5, 0.6) is 0 Å². The highest BCUT2D eigenvalue weighted by molar-refractivity contribution is 5.90. The van der Waals surface area contributed by atoms with Gasteiger partial charge >= 0.3 is 0 Å². The highest BCUT2D eigenvalue weighted by Gasteiger charge is 2.39. The summed E-state index contributed by atoms with van der Waals surface area (Å²) in [6, 6.07) is -1.13. The molecule has 0 radical (unpaired) electrons. The maximum atomic E-state index is 12.9. The van der Waals surface area contributed by atoms with Gasteiger partial charge in [0.25, 0.3) is 0 Å². The number of nitrogens with one attached hydrogen (secondary N) is 1. The van der Waals surface area contributed by atoms with E-state index in [-0.39, 0.29) is 25.0 Å². The molecule has 1 aliphatic rings. The number of nitrogens with two attached hydrogens (primary N) is 2. The molecule has 2 unspecified atom stereocenters. The Morgan fingerprint density at radius 3 is 2.20 bits per heavy atom. The van der Waals surface area contributed by atoms with Crippen molar-refractivity contribution in [2.75, 3.05) is 59.8 Å². The first-order chi connectivity index (χ1) is 14.3. The first-order valence-corrected chi connectivity index (χ1v) is 10.4. The molecule has 30 heavy (non-hydrogen) atoms. The molecule has 0 saturated carbocycles. The highest BCUT2D eigenvalue weighted by atomic mass is 16.5. The Morgan fingerprint density at radius 1 is 1.10 bits per heavy atom. The summed E-state index contributed by atoms with van der Waals surface area (Å²) in [6.45, 7) is 8.48. The minimum Gasteiger partial charge on any atom is -0.378 e. The van der Waals surface area contributed by atoms with Crippen LogP contribution in [0.4, 0.5) is 0 Å². The fourth-order valence-electron chi connectivity index (χ4n) is 2.91. The van der Waals surface area contributed by atoms with Crippen LogP contribution in [0.3, 0.4) is 0 Å². The second kappa shape index (κ2) is 16.1. The van der Waals surface area contributed by atoms with Crippen LogP contribution in [0.2, 0.25) is 0 Å². The summed E-state index contributed by atoms with van der Waals surface area (Å²) in [4.78, 5) is 37.9. The molecule has 1 heterocycles. The van der Waals surface area contributed by atoms with Crippen LogP contribution in [0.25, 0.3) is 0 Å². The number of carbonyl (C=O) groups is 3. The van der Waals surface area contributed by atoms with E-state index in [1.807, 2.05) is 20.8 Å². The lowest BCUT2D eigenvalue weighted by molar-refractivity contribution is -0.142. The summed E-state index contributed by atoms with van der Waals surface area (Å²) in [7, 11) is 1.50. The predicted octanol–water partition coefficient (Wildman–Crippen LogP) is -0.709. The number of ether oxygens (including phenoxy) is 3. The average molecular weight is 433 g/mol. The van der Waals surface area contributed by atoms with Gasteiger partial charge in [-0.05, 0) is 25.3 Å². The maximum Gasteiger partial charge on any atom is 0.246 e. The van der Waals surface area contributed by atoms with Crippen molar-refractivity contribution >= 4 is 18.1 Å². The minimum atomic E-state index is -0.722. The van der Waals surface area contributed by atoms with E-state index >= 15 is 0 Å². The first-order valence-electron chi connectivity index (χ1n) is 10.4. The second-order valence-corrected chi connectivity index (χ2v) is 7.81. The summed E-state index contributed by atoms with van der Waals surface area (Å²) in [5, 5.41) is 2.76. The normalized spacial score (nSPS) is 17.1. The lowest BCUT2D eigenvalue weighted by atomic mass is 9.85. The minimum absolute atomic E-state index is 0.163. The van der Waals surface area contributed by atoms with Crippen LogP contribution in [0.15, 0.2) is 0 Å². The highest BCUT2D eigenvalue weighted by Crippen LogP contribution is 2.25. The molecule has 1 aliphatic heterocycles. The summed E-state index contributed by atoms with van der Waals surface area (Å²) in [5.74, 6) is -0.599. The van der Waals surface area contributed by atoms with Crippen LogP contribution in [-0.4, -0.2) is 94.9 Å². The van der Waals surface area contributed by atoms with Gasteiger partial charge in [0.1, 0.15) is 18.9 Å². The third kappa shape index (κ3) is 11.0. The van der Waals surface area contributed by atoms with Crippen LogP contribution >= 0.6 is 0 Å². The van der Waals surface area contributed by atoms with Crippen molar-refractivity contribution in [2.24, 2.45) is 16.9 Å².